The van der Waals surface area contributed by atoms with Crippen LogP contribution < -0.4 is 4.90 Å². The van der Waals surface area contributed by atoms with E-state index in [0.29, 0.717) is 27.8 Å². The molecule has 0 amide bonds. The largest absolute Gasteiger partial charge is 0.358 e. The van der Waals surface area contributed by atoms with Gasteiger partial charge in [-0.15, -0.1) is 0 Å². The number of hydrogen-bond acceptors (Lipinski definition) is 5. The van der Waals surface area contributed by atoms with Crippen LogP contribution in [-0.2, 0) is 0 Å². The quantitative estimate of drug-likeness (QED) is 0.819. The van der Waals surface area contributed by atoms with Crippen LogP contribution in [0.25, 0.3) is 11.2 Å². The molecule has 2 aromatic heterocycles. The number of halogens is 1. The second-order valence-corrected chi connectivity index (χ2v) is 4.24. The van der Waals surface area contributed by atoms with Gasteiger partial charge in [0, 0.05) is 13.6 Å². The van der Waals surface area contributed by atoms with Gasteiger partial charge in [0.05, 0.1) is 5.69 Å². The maximum atomic E-state index is 6.00. The topological polar surface area (TPSA) is 54.8 Å². The third-order valence-corrected chi connectivity index (χ3v) is 2.94. The third-order valence-electron chi connectivity index (χ3n) is 2.58. The molecule has 6 heteroatoms. The van der Waals surface area contributed by atoms with Gasteiger partial charge in [-0.3, -0.25) is 0 Å². The van der Waals surface area contributed by atoms with Gasteiger partial charge in [-0.1, -0.05) is 11.6 Å². The van der Waals surface area contributed by atoms with Crippen molar-refractivity contribution in [1.82, 2.24) is 19.9 Å². The summed E-state index contributed by atoms with van der Waals surface area (Å²) in [5, 5.41) is 0.399. The lowest BCUT2D eigenvalue weighted by atomic mass is 10.4. The molecular formula is C11H14ClN5. The summed E-state index contributed by atoms with van der Waals surface area (Å²) in [6.07, 6.45) is 0. The molecule has 2 rings (SSSR count). The SMILES string of the molecule is CCN(C)c1nc(C)nc2nc(C)c(Cl)nc12. The van der Waals surface area contributed by atoms with Crippen LogP contribution in [-0.4, -0.2) is 33.5 Å². The zero-order chi connectivity index (χ0) is 12.6. The van der Waals surface area contributed by atoms with Crippen molar-refractivity contribution in [3.05, 3.63) is 16.7 Å². The third kappa shape index (κ3) is 2.15. The lowest BCUT2D eigenvalue weighted by Crippen LogP contribution is -2.19. The van der Waals surface area contributed by atoms with Crippen molar-refractivity contribution >= 4 is 28.6 Å². The predicted octanol–water partition coefficient (Wildman–Crippen LogP) is 2.15. The molecule has 90 valence electrons. The first kappa shape index (κ1) is 12.0. The molecule has 0 spiro atoms. The molecule has 0 radical (unpaired) electrons. The first-order valence-corrected chi connectivity index (χ1v) is 5.80. The van der Waals surface area contributed by atoms with Crippen LogP contribution in [0.4, 0.5) is 5.82 Å². The van der Waals surface area contributed by atoms with Gasteiger partial charge in [-0.2, -0.15) is 0 Å². The molecule has 0 N–H and O–H groups in total. The maximum Gasteiger partial charge on any atom is 0.184 e. The second kappa shape index (κ2) is 4.41. The lowest BCUT2D eigenvalue weighted by Gasteiger charge is -2.17. The Morgan fingerprint density at radius 3 is 2.47 bits per heavy atom. The normalized spacial score (nSPS) is 10.9. The molecule has 0 aliphatic heterocycles. The van der Waals surface area contributed by atoms with Crippen molar-refractivity contribution in [2.24, 2.45) is 0 Å². The molecule has 0 saturated carbocycles. The van der Waals surface area contributed by atoms with E-state index in [1.807, 2.05) is 32.7 Å². The number of fused-ring (bicyclic) bond motifs is 1. The Kier molecular flexibility index (Phi) is 3.11. The Balaban J connectivity index is 2.78. The Morgan fingerprint density at radius 2 is 1.82 bits per heavy atom. The number of nitrogens with zero attached hydrogens (tertiary/aromatic N) is 5. The lowest BCUT2D eigenvalue weighted by molar-refractivity contribution is 0.917. The van der Waals surface area contributed by atoms with Gasteiger partial charge in [0.15, 0.2) is 22.1 Å². The van der Waals surface area contributed by atoms with Gasteiger partial charge in [-0.05, 0) is 20.8 Å². The standard InChI is InChI=1S/C11H14ClN5/c1-5-17(4)11-8-10(14-7(3)15-11)13-6(2)9(12)16-8/h5H2,1-4H3. The smallest absolute Gasteiger partial charge is 0.184 e. The molecule has 0 fully saturated rings. The Labute approximate surface area is 105 Å². The van der Waals surface area contributed by atoms with Gasteiger partial charge < -0.3 is 4.90 Å². The van der Waals surface area contributed by atoms with E-state index in [1.54, 1.807) is 0 Å². The minimum absolute atomic E-state index is 0.399. The Morgan fingerprint density at radius 1 is 1.12 bits per heavy atom. The summed E-state index contributed by atoms with van der Waals surface area (Å²) >= 11 is 6.00. The highest BCUT2D eigenvalue weighted by atomic mass is 35.5. The summed E-state index contributed by atoms with van der Waals surface area (Å²) in [7, 11) is 1.96. The first-order valence-electron chi connectivity index (χ1n) is 5.42. The van der Waals surface area contributed by atoms with Crippen molar-refractivity contribution in [2.75, 3.05) is 18.5 Å². The number of aromatic nitrogens is 4. The summed E-state index contributed by atoms with van der Waals surface area (Å²) in [5.41, 5.74) is 1.92. The van der Waals surface area contributed by atoms with E-state index < -0.39 is 0 Å². The Bertz CT molecular complexity index is 569. The molecule has 0 bridgehead atoms. The minimum atomic E-state index is 0.399. The molecule has 0 unspecified atom stereocenters. The highest BCUT2D eigenvalue weighted by molar-refractivity contribution is 6.30. The van der Waals surface area contributed by atoms with Crippen LogP contribution in [0.5, 0.6) is 0 Å². The molecule has 17 heavy (non-hydrogen) atoms. The molecule has 2 heterocycles. The van der Waals surface area contributed by atoms with Crippen molar-refractivity contribution in [2.45, 2.75) is 20.8 Å². The van der Waals surface area contributed by atoms with Crippen molar-refractivity contribution in [3.8, 4) is 0 Å². The van der Waals surface area contributed by atoms with Crippen LogP contribution in [0.15, 0.2) is 0 Å². The fourth-order valence-corrected chi connectivity index (χ4v) is 1.64. The zero-order valence-electron chi connectivity index (χ0n) is 10.3. The van der Waals surface area contributed by atoms with Gasteiger partial charge in [-0.25, -0.2) is 19.9 Å². The number of rotatable bonds is 2. The van der Waals surface area contributed by atoms with E-state index in [2.05, 4.69) is 19.9 Å². The fourth-order valence-electron chi connectivity index (χ4n) is 1.52. The predicted molar refractivity (Wildman–Crippen MR) is 68.6 cm³/mol. The number of anilines is 1. The van der Waals surface area contributed by atoms with E-state index in [9.17, 15) is 0 Å². The summed E-state index contributed by atoms with van der Waals surface area (Å²) in [6, 6.07) is 0. The summed E-state index contributed by atoms with van der Waals surface area (Å²) in [5.74, 6) is 1.45. The summed E-state index contributed by atoms with van der Waals surface area (Å²) in [6.45, 7) is 6.54. The van der Waals surface area contributed by atoms with Crippen molar-refractivity contribution in [3.63, 3.8) is 0 Å². The van der Waals surface area contributed by atoms with Crippen LogP contribution >= 0.6 is 11.6 Å². The van der Waals surface area contributed by atoms with Gasteiger partial charge in [0.1, 0.15) is 5.82 Å². The van der Waals surface area contributed by atoms with E-state index in [4.69, 9.17) is 11.6 Å². The molecule has 0 aliphatic carbocycles. The molecule has 0 aliphatic rings. The average Bonchev–Trinajstić information content (AvgIpc) is 2.29. The second-order valence-electron chi connectivity index (χ2n) is 3.88. The maximum absolute atomic E-state index is 6.00. The van der Waals surface area contributed by atoms with Crippen LogP contribution in [0.1, 0.15) is 18.4 Å². The molecule has 5 nitrogen and oxygen atoms in total. The highest BCUT2D eigenvalue weighted by Gasteiger charge is 2.13. The van der Waals surface area contributed by atoms with Crippen LogP contribution in [0.3, 0.4) is 0 Å². The molecule has 2 aromatic rings. The first-order chi connectivity index (χ1) is 8.02. The van der Waals surface area contributed by atoms with Crippen LogP contribution in [0, 0.1) is 13.8 Å². The van der Waals surface area contributed by atoms with Gasteiger partial charge in [0.2, 0.25) is 0 Å². The molecule has 0 atom stereocenters. The van der Waals surface area contributed by atoms with Gasteiger partial charge >= 0.3 is 0 Å². The molecule has 0 aromatic carbocycles. The average molecular weight is 252 g/mol. The van der Waals surface area contributed by atoms with E-state index in [0.717, 1.165) is 12.4 Å². The van der Waals surface area contributed by atoms with Crippen molar-refractivity contribution in [1.29, 1.82) is 0 Å². The summed E-state index contributed by atoms with van der Waals surface area (Å²) < 4.78 is 0. The van der Waals surface area contributed by atoms with Crippen LogP contribution in [0.2, 0.25) is 5.15 Å². The number of aryl methyl sites for hydroxylation is 2. The van der Waals surface area contributed by atoms with Gasteiger partial charge in [0.25, 0.3) is 0 Å². The Hall–Kier alpha value is -1.49. The minimum Gasteiger partial charge on any atom is -0.358 e. The van der Waals surface area contributed by atoms with E-state index >= 15 is 0 Å². The molecular weight excluding hydrogens is 238 g/mol. The van der Waals surface area contributed by atoms with E-state index in [-0.39, 0.29) is 0 Å². The zero-order valence-corrected chi connectivity index (χ0v) is 11.1. The van der Waals surface area contributed by atoms with E-state index in [1.165, 1.54) is 0 Å². The monoisotopic (exact) mass is 251 g/mol. The highest BCUT2D eigenvalue weighted by Crippen LogP contribution is 2.22. The van der Waals surface area contributed by atoms with Crippen molar-refractivity contribution < 1.29 is 0 Å². The number of hydrogen-bond donors (Lipinski definition) is 0. The summed E-state index contributed by atoms with van der Waals surface area (Å²) in [4.78, 5) is 19.3. The fraction of sp³-hybridized carbons (Fsp3) is 0.455. The molecule has 0 saturated heterocycles.